The van der Waals surface area contributed by atoms with E-state index in [1.54, 1.807) is 13.3 Å². The third-order valence-electron chi connectivity index (χ3n) is 3.86. The molecule has 2 aromatic carbocycles. The zero-order chi connectivity index (χ0) is 21.5. The van der Waals surface area contributed by atoms with E-state index in [-0.39, 0.29) is 17.6 Å². The first-order valence-corrected chi connectivity index (χ1v) is 10.6. The number of nitrogens with zero attached hydrogens (tertiary/aromatic N) is 4. The molecule has 0 saturated heterocycles. The van der Waals surface area contributed by atoms with Gasteiger partial charge < -0.3 is 15.9 Å². The Bertz CT molecular complexity index is 1070. The second-order valence-corrected chi connectivity index (χ2v) is 8.00. The summed E-state index contributed by atoms with van der Waals surface area (Å²) in [4.78, 5) is 12.1. The van der Waals surface area contributed by atoms with Crippen molar-refractivity contribution in [3.8, 4) is 5.75 Å². The molecule has 0 atom stereocenters. The fourth-order valence-electron chi connectivity index (χ4n) is 2.47. The quantitative estimate of drug-likeness (QED) is 0.192. The van der Waals surface area contributed by atoms with E-state index in [4.69, 9.17) is 10.6 Å². The van der Waals surface area contributed by atoms with Crippen LogP contribution in [0.3, 0.4) is 0 Å². The number of carbonyl (C=O) groups is 1. The molecule has 0 aliphatic carbocycles. The number of amides is 1. The topological polar surface area (TPSA) is 119 Å². The number of aromatic nitrogens is 3. The van der Waals surface area contributed by atoms with E-state index in [0.29, 0.717) is 10.9 Å². The summed E-state index contributed by atoms with van der Waals surface area (Å²) in [7, 11) is 1.59. The van der Waals surface area contributed by atoms with Gasteiger partial charge in [0.1, 0.15) is 5.75 Å². The molecular weight excluding hydrogens is 470 g/mol. The van der Waals surface area contributed by atoms with Gasteiger partial charge in [-0.1, -0.05) is 39.8 Å². The van der Waals surface area contributed by atoms with Gasteiger partial charge in [-0.25, -0.2) is 10.1 Å². The maximum Gasteiger partial charge on any atom is 0.264 e. The Hall–Kier alpha value is -3.05. The van der Waals surface area contributed by atoms with Crippen LogP contribution in [0.15, 0.2) is 57.2 Å². The first kappa shape index (κ1) is 21.7. The van der Waals surface area contributed by atoms with E-state index in [1.165, 1.54) is 16.4 Å². The van der Waals surface area contributed by atoms with Gasteiger partial charge in [0.2, 0.25) is 11.1 Å². The molecule has 0 unspecified atom stereocenters. The molecule has 0 spiro atoms. The third-order valence-corrected chi connectivity index (χ3v) is 5.29. The Balaban J connectivity index is 1.57. The lowest BCUT2D eigenvalue weighted by Crippen LogP contribution is -2.16. The van der Waals surface area contributed by atoms with Crippen LogP contribution >= 0.6 is 27.7 Å². The molecule has 0 aliphatic rings. The number of carbonyl (C=O) groups excluding carboxylic acids is 1. The van der Waals surface area contributed by atoms with Gasteiger partial charge in [-0.15, -0.1) is 10.2 Å². The maximum atomic E-state index is 12.1. The molecule has 3 rings (SSSR count). The molecule has 156 valence electrons. The number of aryl methyl sites for hydroxylation is 1. The number of hydrogen-bond acceptors (Lipinski definition) is 8. The van der Waals surface area contributed by atoms with Gasteiger partial charge in [0.05, 0.1) is 19.1 Å². The number of halogens is 1. The summed E-state index contributed by atoms with van der Waals surface area (Å²) in [6, 6.07) is 13.1. The largest absolute Gasteiger partial charge is 0.496 e. The second kappa shape index (κ2) is 10.1. The lowest BCUT2D eigenvalue weighted by Gasteiger charge is -2.06. The van der Waals surface area contributed by atoms with E-state index < -0.39 is 0 Å². The number of benzene rings is 2. The highest BCUT2D eigenvalue weighted by Crippen LogP contribution is 2.21. The van der Waals surface area contributed by atoms with Crippen LogP contribution in [0.1, 0.15) is 11.1 Å². The molecule has 0 aliphatic heterocycles. The van der Waals surface area contributed by atoms with Crippen molar-refractivity contribution in [1.82, 2.24) is 14.9 Å². The number of nitrogens with two attached hydrogens (primary N) is 1. The molecule has 30 heavy (non-hydrogen) atoms. The van der Waals surface area contributed by atoms with Crippen LogP contribution in [0.4, 0.5) is 11.6 Å². The van der Waals surface area contributed by atoms with Crippen molar-refractivity contribution in [3.63, 3.8) is 0 Å². The van der Waals surface area contributed by atoms with E-state index in [1.807, 2.05) is 49.4 Å². The molecule has 9 nitrogen and oxygen atoms in total. The summed E-state index contributed by atoms with van der Waals surface area (Å²) >= 11 is 4.58. The van der Waals surface area contributed by atoms with E-state index in [9.17, 15) is 4.79 Å². The summed E-state index contributed by atoms with van der Waals surface area (Å²) in [5, 5.41) is 15.3. The van der Waals surface area contributed by atoms with Crippen molar-refractivity contribution in [3.05, 3.63) is 58.1 Å². The number of ether oxygens (including phenoxy) is 1. The first-order chi connectivity index (χ1) is 14.5. The molecule has 1 amide bonds. The van der Waals surface area contributed by atoms with Crippen LogP contribution in [0.5, 0.6) is 5.75 Å². The average molecular weight is 490 g/mol. The van der Waals surface area contributed by atoms with Crippen molar-refractivity contribution in [2.45, 2.75) is 12.1 Å². The van der Waals surface area contributed by atoms with Gasteiger partial charge in [-0.2, -0.15) is 5.10 Å². The van der Waals surface area contributed by atoms with Gasteiger partial charge in [0.25, 0.3) is 5.95 Å². The molecule has 0 bridgehead atoms. The van der Waals surface area contributed by atoms with Gasteiger partial charge >= 0.3 is 0 Å². The van der Waals surface area contributed by atoms with Crippen LogP contribution in [0.25, 0.3) is 0 Å². The van der Waals surface area contributed by atoms with Crippen molar-refractivity contribution in [2.75, 3.05) is 29.4 Å². The number of nitrogens with one attached hydrogen (secondary N) is 2. The van der Waals surface area contributed by atoms with Crippen LogP contribution in [0.2, 0.25) is 0 Å². The molecule has 0 fully saturated rings. The van der Waals surface area contributed by atoms with Crippen LogP contribution in [-0.2, 0) is 4.79 Å². The summed E-state index contributed by atoms with van der Waals surface area (Å²) in [6.45, 7) is 1.96. The highest BCUT2D eigenvalue weighted by Gasteiger charge is 2.12. The van der Waals surface area contributed by atoms with Gasteiger partial charge in [0.15, 0.2) is 0 Å². The van der Waals surface area contributed by atoms with Crippen molar-refractivity contribution in [1.29, 1.82) is 0 Å². The van der Waals surface area contributed by atoms with Crippen LogP contribution in [-0.4, -0.2) is 39.9 Å². The lowest BCUT2D eigenvalue weighted by molar-refractivity contribution is -0.113. The minimum absolute atomic E-state index is 0.141. The fourth-order valence-corrected chi connectivity index (χ4v) is 3.50. The smallest absolute Gasteiger partial charge is 0.264 e. The molecule has 3 aromatic rings. The number of hydrogen-bond donors (Lipinski definition) is 3. The van der Waals surface area contributed by atoms with Crippen LogP contribution in [0, 0.1) is 6.92 Å². The Kier molecular flexibility index (Phi) is 7.31. The van der Waals surface area contributed by atoms with Crippen molar-refractivity contribution in [2.24, 2.45) is 5.10 Å². The Morgan fingerprint density at radius 3 is 2.93 bits per heavy atom. The molecule has 1 aromatic heterocycles. The standard InChI is InChI=1S/C19H20BrN7O2S/c1-12-4-3-5-15(8-12)23-17(28)11-30-19-26-25-18(27(19)21)24-22-10-13-9-14(20)6-7-16(13)29-2/h3-10H,11,21H2,1-2H3,(H,23,28)(H,24,25)/b22-10+. The monoisotopic (exact) mass is 489 g/mol. The van der Waals surface area contributed by atoms with Gasteiger partial charge in [-0.3, -0.25) is 4.79 Å². The third kappa shape index (κ3) is 5.74. The normalized spacial score (nSPS) is 10.9. The van der Waals surface area contributed by atoms with E-state index in [0.717, 1.165) is 21.3 Å². The minimum atomic E-state index is -0.164. The number of anilines is 2. The second-order valence-electron chi connectivity index (χ2n) is 6.14. The molecular formula is C19H20BrN7O2S. The predicted molar refractivity (Wildman–Crippen MR) is 123 cm³/mol. The zero-order valence-corrected chi connectivity index (χ0v) is 18.7. The molecule has 11 heteroatoms. The zero-order valence-electron chi connectivity index (χ0n) is 16.3. The fraction of sp³-hybridized carbons (Fsp3) is 0.158. The van der Waals surface area contributed by atoms with Gasteiger partial charge in [0, 0.05) is 15.7 Å². The number of methoxy groups -OCH3 is 1. The first-order valence-electron chi connectivity index (χ1n) is 8.78. The van der Waals surface area contributed by atoms with Gasteiger partial charge in [-0.05, 0) is 42.8 Å². The summed E-state index contributed by atoms with van der Waals surface area (Å²) in [6.07, 6.45) is 1.58. The summed E-state index contributed by atoms with van der Waals surface area (Å²) in [5.74, 6) is 6.88. The Morgan fingerprint density at radius 2 is 2.17 bits per heavy atom. The van der Waals surface area contributed by atoms with Crippen molar-refractivity contribution >= 4 is 51.4 Å². The lowest BCUT2D eigenvalue weighted by atomic mass is 10.2. The number of thioether (sulfide) groups is 1. The minimum Gasteiger partial charge on any atom is -0.496 e. The van der Waals surface area contributed by atoms with Crippen molar-refractivity contribution < 1.29 is 9.53 Å². The molecule has 0 radical (unpaired) electrons. The summed E-state index contributed by atoms with van der Waals surface area (Å²) < 4.78 is 7.43. The number of rotatable bonds is 8. The Labute approximate surface area is 186 Å². The van der Waals surface area contributed by atoms with Crippen LogP contribution < -0.4 is 21.3 Å². The predicted octanol–water partition coefficient (Wildman–Crippen LogP) is 3.25. The SMILES string of the molecule is COc1ccc(Br)cc1/C=N/Nc1nnc(SCC(=O)Nc2cccc(C)c2)n1N. The maximum absolute atomic E-state index is 12.1. The number of nitrogen functional groups attached to an aromatic ring is 1. The van der Waals surface area contributed by atoms with E-state index >= 15 is 0 Å². The average Bonchev–Trinajstić information content (AvgIpc) is 3.06. The summed E-state index contributed by atoms with van der Waals surface area (Å²) in [5.41, 5.74) is 5.32. The number of hydrazone groups is 1. The molecule has 1 heterocycles. The highest BCUT2D eigenvalue weighted by atomic mass is 79.9. The molecule has 0 saturated carbocycles. The van der Waals surface area contributed by atoms with E-state index in [2.05, 4.69) is 42.0 Å². The molecule has 4 N–H and O–H groups in total. The Morgan fingerprint density at radius 1 is 1.33 bits per heavy atom. The highest BCUT2D eigenvalue weighted by molar-refractivity contribution is 9.10.